The van der Waals surface area contributed by atoms with Crippen LogP contribution in [0.15, 0.2) is 186 Å². The maximum absolute atomic E-state index is 6.78. The van der Waals surface area contributed by atoms with Crippen molar-refractivity contribution in [1.29, 1.82) is 0 Å². The molecule has 10 aromatic rings. The summed E-state index contributed by atoms with van der Waals surface area (Å²) in [7, 11) is 0. The number of para-hydroxylation sites is 4. The molecule has 0 N–H and O–H groups in total. The normalized spacial score (nSPS) is 11.5. The monoisotopic (exact) mass is 666 g/mol. The average Bonchev–Trinajstić information content (AvgIpc) is 3.81. The molecule has 3 aromatic heterocycles. The molecule has 52 heavy (non-hydrogen) atoms. The van der Waals surface area contributed by atoms with Crippen molar-refractivity contribution in [2.45, 2.75) is 0 Å². The largest absolute Gasteiger partial charge is 0.455 e. The molecule has 5 nitrogen and oxygen atoms in total. The van der Waals surface area contributed by atoms with E-state index < -0.39 is 0 Å². The van der Waals surface area contributed by atoms with Gasteiger partial charge in [0.15, 0.2) is 5.82 Å². The molecule has 5 heteroatoms. The second-order valence-electron chi connectivity index (χ2n) is 12.8. The van der Waals surface area contributed by atoms with Gasteiger partial charge in [-0.3, -0.25) is 4.57 Å². The van der Waals surface area contributed by atoms with Gasteiger partial charge in [-0.05, 0) is 59.7 Å². The Bertz CT molecular complexity index is 2890. The fraction of sp³-hybridized carbons (Fsp3) is 0. The number of aromatic nitrogens is 4. The Hall–Kier alpha value is -7.11. The summed E-state index contributed by atoms with van der Waals surface area (Å²) in [5.41, 5.74) is 12.4. The summed E-state index contributed by atoms with van der Waals surface area (Å²) in [5, 5.41) is 2.01. The Morgan fingerprint density at radius 1 is 0.442 bits per heavy atom. The molecule has 0 unspecified atom stereocenters. The van der Waals surface area contributed by atoms with Gasteiger partial charge in [0.2, 0.25) is 0 Å². The van der Waals surface area contributed by atoms with Crippen molar-refractivity contribution in [2.75, 3.05) is 0 Å². The molecule has 10 rings (SSSR count). The van der Waals surface area contributed by atoms with Crippen molar-refractivity contribution in [2.24, 2.45) is 0 Å². The lowest BCUT2D eigenvalue weighted by atomic mass is 9.99. The van der Waals surface area contributed by atoms with Crippen molar-refractivity contribution < 1.29 is 4.42 Å². The fourth-order valence-electron chi connectivity index (χ4n) is 7.22. The van der Waals surface area contributed by atoms with Crippen molar-refractivity contribution >= 4 is 33.0 Å². The zero-order valence-corrected chi connectivity index (χ0v) is 28.0. The molecule has 7 aromatic carbocycles. The van der Waals surface area contributed by atoms with Gasteiger partial charge in [0.05, 0.1) is 28.0 Å². The first-order chi connectivity index (χ1) is 25.8. The van der Waals surface area contributed by atoms with Gasteiger partial charge in [0, 0.05) is 33.2 Å². The first-order valence-electron chi connectivity index (χ1n) is 17.4. The number of hydrogen-bond donors (Lipinski definition) is 0. The molecule has 244 valence electrons. The number of imidazole rings is 1. The number of hydrogen-bond acceptors (Lipinski definition) is 4. The SMILES string of the molecule is c1ccc(-c2cccc(-c3cc(-c4cccc5oc6c(-c7nc8ccccc8n7-c7ccccc7)cccc6c45)nc(-c4ccccc4)n3)c2)cc1. The predicted molar refractivity (Wildman–Crippen MR) is 211 cm³/mol. The highest BCUT2D eigenvalue weighted by atomic mass is 16.3. The van der Waals surface area contributed by atoms with Crippen LogP contribution >= 0.6 is 0 Å². The summed E-state index contributed by atoms with van der Waals surface area (Å²) in [6, 6.07) is 62.4. The van der Waals surface area contributed by atoms with Gasteiger partial charge in [-0.2, -0.15) is 0 Å². The van der Waals surface area contributed by atoms with E-state index in [1.165, 1.54) is 0 Å². The number of furan rings is 1. The lowest BCUT2D eigenvalue weighted by Crippen LogP contribution is -1.97. The molecule has 0 saturated heterocycles. The summed E-state index contributed by atoms with van der Waals surface area (Å²) in [6.07, 6.45) is 0. The van der Waals surface area contributed by atoms with Crippen LogP contribution in [0.2, 0.25) is 0 Å². The molecular formula is C47H30N4O. The average molecular weight is 667 g/mol. The van der Waals surface area contributed by atoms with Crippen LogP contribution in [0.1, 0.15) is 0 Å². The molecule has 0 atom stereocenters. The number of fused-ring (bicyclic) bond motifs is 4. The standard InChI is InChI=1S/C47H30N4O/c1-4-15-31(16-5-1)33-19-12-20-34(29-33)40-30-41(49-46(48-40)32-17-6-2-7-18-32)36-23-14-28-43-44(36)37-24-13-25-38(45(37)52-43)47-50-39-26-10-11-27-42(39)51(47)35-21-8-3-9-22-35/h1-30H. The van der Waals surface area contributed by atoms with Gasteiger partial charge < -0.3 is 4.42 Å². The summed E-state index contributed by atoms with van der Waals surface area (Å²) in [6.45, 7) is 0. The maximum Gasteiger partial charge on any atom is 0.160 e. The Labute approximate surface area is 300 Å². The van der Waals surface area contributed by atoms with Crippen LogP contribution in [-0.2, 0) is 0 Å². The van der Waals surface area contributed by atoms with Crippen molar-refractivity contribution in [1.82, 2.24) is 19.5 Å². The second-order valence-corrected chi connectivity index (χ2v) is 12.8. The van der Waals surface area contributed by atoms with E-state index in [-0.39, 0.29) is 0 Å². The van der Waals surface area contributed by atoms with Gasteiger partial charge in [0.1, 0.15) is 17.0 Å². The van der Waals surface area contributed by atoms with E-state index in [0.717, 1.165) is 89.3 Å². The molecule has 0 bridgehead atoms. The summed E-state index contributed by atoms with van der Waals surface area (Å²) >= 11 is 0. The van der Waals surface area contributed by atoms with Crippen LogP contribution in [0.5, 0.6) is 0 Å². The van der Waals surface area contributed by atoms with E-state index in [9.17, 15) is 0 Å². The lowest BCUT2D eigenvalue weighted by molar-refractivity contribution is 0.669. The van der Waals surface area contributed by atoms with E-state index in [0.29, 0.717) is 5.82 Å². The van der Waals surface area contributed by atoms with Gasteiger partial charge in [0.25, 0.3) is 0 Å². The quantitative estimate of drug-likeness (QED) is 0.177. The molecule has 0 aliphatic carbocycles. The van der Waals surface area contributed by atoms with Crippen LogP contribution < -0.4 is 0 Å². The Morgan fingerprint density at radius 3 is 1.90 bits per heavy atom. The minimum atomic E-state index is 0.667. The van der Waals surface area contributed by atoms with E-state index >= 15 is 0 Å². The highest BCUT2D eigenvalue weighted by Crippen LogP contribution is 2.42. The number of nitrogens with zero attached hydrogens (tertiary/aromatic N) is 4. The zero-order valence-electron chi connectivity index (χ0n) is 28.0. The number of rotatable bonds is 6. The van der Waals surface area contributed by atoms with E-state index in [1.807, 2.05) is 48.5 Å². The highest BCUT2D eigenvalue weighted by molar-refractivity contribution is 6.15. The molecule has 0 aliphatic heterocycles. The van der Waals surface area contributed by atoms with Crippen molar-refractivity contribution in [3.05, 3.63) is 182 Å². The molecule has 0 saturated carbocycles. The fourth-order valence-corrected chi connectivity index (χ4v) is 7.22. The van der Waals surface area contributed by atoms with E-state index in [4.69, 9.17) is 19.4 Å². The van der Waals surface area contributed by atoms with Gasteiger partial charge in [-0.15, -0.1) is 0 Å². The van der Waals surface area contributed by atoms with Crippen LogP contribution in [-0.4, -0.2) is 19.5 Å². The number of benzene rings is 7. The van der Waals surface area contributed by atoms with Crippen molar-refractivity contribution in [3.8, 4) is 62.1 Å². The van der Waals surface area contributed by atoms with E-state index in [2.05, 4.69) is 138 Å². The summed E-state index contributed by atoms with van der Waals surface area (Å²) in [4.78, 5) is 15.5. The molecule has 0 radical (unpaired) electrons. The summed E-state index contributed by atoms with van der Waals surface area (Å²) in [5.74, 6) is 1.49. The van der Waals surface area contributed by atoms with Gasteiger partial charge in [-0.1, -0.05) is 133 Å². The Kier molecular flexibility index (Phi) is 7.07. The minimum absolute atomic E-state index is 0.667. The molecule has 0 spiro atoms. The highest BCUT2D eigenvalue weighted by Gasteiger charge is 2.22. The van der Waals surface area contributed by atoms with Crippen LogP contribution in [0.3, 0.4) is 0 Å². The molecular weight excluding hydrogens is 637 g/mol. The third kappa shape index (κ3) is 5.07. The molecule has 0 amide bonds. The molecule has 0 fully saturated rings. The summed E-state index contributed by atoms with van der Waals surface area (Å²) < 4.78 is 9.00. The minimum Gasteiger partial charge on any atom is -0.455 e. The maximum atomic E-state index is 6.78. The van der Waals surface area contributed by atoms with Gasteiger partial charge in [-0.25, -0.2) is 15.0 Å². The van der Waals surface area contributed by atoms with Crippen molar-refractivity contribution in [3.63, 3.8) is 0 Å². The van der Waals surface area contributed by atoms with E-state index in [1.54, 1.807) is 0 Å². The third-order valence-electron chi connectivity index (χ3n) is 9.64. The Morgan fingerprint density at radius 2 is 1.08 bits per heavy atom. The topological polar surface area (TPSA) is 56.7 Å². The van der Waals surface area contributed by atoms with Crippen LogP contribution in [0, 0.1) is 0 Å². The van der Waals surface area contributed by atoms with Crippen LogP contribution in [0.4, 0.5) is 0 Å². The second kappa shape index (κ2) is 12.3. The zero-order chi connectivity index (χ0) is 34.4. The Balaban J connectivity index is 1.19. The third-order valence-corrected chi connectivity index (χ3v) is 9.64. The smallest absolute Gasteiger partial charge is 0.160 e. The lowest BCUT2D eigenvalue weighted by Gasteiger charge is -2.11. The van der Waals surface area contributed by atoms with Gasteiger partial charge >= 0.3 is 0 Å². The predicted octanol–water partition coefficient (Wildman–Crippen LogP) is 12.0. The first-order valence-corrected chi connectivity index (χ1v) is 17.4. The molecule has 3 heterocycles. The first kappa shape index (κ1) is 29.8. The van der Waals surface area contributed by atoms with Crippen LogP contribution in [0.25, 0.3) is 95.1 Å². The molecule has 0 aliphatic rings.